The van der Waals surface area contributed by atoms with Crippen LogP contribution in [0.4, 0.5) is 8.78 Å². The summed E-state index contributed by atoms with van der Waals surface area (Å²) in [6.45, 7) is 0.867. The maximum Gasteiger partial charge on any atom is 0.127 e. The highest BCUT2D eigenvalue weighted by atomic mass is 19.1. The lowest BCUT2D eigenvalue weighted by atomic mass is 10.1. The molecule has 0 aliphatic heterocycles. The first-order chi connectivity index (χ1) is 9.58. The van der Waals surface area contributed by atoms with Gasteiger partial charge in [0, 0.05) is 18.7 Å². The van der Waals surface area contributed by atoms with Gasteiger partial charge in [0.1, 0.15) is 11.6 Å². The molecule has 2 nitrogen and oxygen atoms in total. The average molecular weight is 272 g/mol. The van der Waals surface area contributed by atoms with E-state index in [1.54, 1.807) is 12.1 Å². The van der Waals surface area contributed by atoms with Crippen molar-refractivity contribution in [3.8, 4) is 6.07 Å². The van der Waals surface area contributed by atoms with Crippen LogP contribution in [0.1, 0.15) is 16.7 Å². The zero-order valence-electron chi connectivity index (χ0n) is 11.1. The van der Waals surface area contributed by atoms with Crippen molar-refractivity contribution in [2.45, 2.75) is 13.1 Å². The number of nitriles is 1. The van der Waals surface area contributed by atoms with Crippen LogP contribution in [0.3, 0.4) is 0 Å². The van der Waals surface area contributed by atoms with E-state index in [0.29, 0.717) is 24.2 Å². The Morgan fingerprint density at radius 1 is 1.10 bits per heavy atom. The Hall–Kier alpha value is -2.25. The molecular weight excluding hydrogens is 258 g/mol. The van der Waals surface area contributed by atoms with Crippen molar-refractivity contribution in [2.24, 2.45) is 0 Å². The van der Waals surface area contributed by atoms with Crippen LogP contribution in [-0.4, -0.2) is 11.9 Å². The molecule has 2 rings (SSSR count). The number of benzene rings is 2. The summed E-state index contributed by atoms with van der Waals surface area (Å²) < 4.78 is 26.7. The highest BCUT2D eigenvalue weighted by molar-refractivity contribution is 5.32. The molecule has 0 fully saturated rings. The van der Waals surface area contributed by atoms with E-state index in [0.717, 1.165) is 17.7 Å². The molecule has 0 atom stereocenters. The van der Waals surface area contributed by atoms with E-state index in [-0.39, 0.29) is 0 Å². The van der Waals surface area contributed by atoms with Crippen molar-refractivity contribution in [3.05, 3.63) is 70.8 Å². The Labute approximate surface area is 116 Å². The maximum atomic E-state index is 13.6. The minimum absolute atomic E-state index is 0.306. The number of hydrogen-bond acceptors (Lipinski definition) is 2. The second-order valence-electron chi connectivity index (χ2n) is 4.72. The van der Waals surface area contributed by atoms with Gasteiger partial charge in [-0.2, -0.15) is 5.26 Å². The summed E-state index contributed by atoms with van der Waals surface area (Å²) in [5.41, 5.74) is 1.88. The zero-order valence-corrected chi connectivity index (χ0v) is 11.1. The monoisotopic (exact) mass is 272 g/mol. The average Bonchev–Trinajstić information content (AvgIpc) is 2.43. The highest BCUT2D eigenvalue weighted by Crippen LogP contribution is 2.14. The lowest BCUT2D eigenvalue weighted by molar-refractivity contribution is 0.313. The summed E-state index contributed by atoms with van der Waals surface area (Å²) >= 11 is 0. The van der Waals surface area contributed by atoms with E-state index in [2.05, 4.69) is 6.07 Å². The van der Waals surface area contributed by atoms with Crippen LogP contribution in [0.2, 0.25) is 0 Å². The summed E-state index contributed by atoms with van der Waals surface area (Å²) in [7, 11) is 1.82. The molecule has 0 aliphatic carbocycles. The first-order valence-electron chi connectivity index (χ1n) is 6.20. The fourth-order valence-corrected chi connectivity index (χ4v) is 2.06. The molecule has 0 unspecified atom stereocenters. The molecule has 2 aromatic rings. The molecule has 0 radical (unpaired) electrons. The molecule has 0 spiro atoms. The van der Waals surface area contributed by atoms with E-state index >= 15 is 0 Å². The molecule has 20 heavy (non-hydrogen) atoms. The van der Waals surface area contributed by atoms with E-state index in [4.69, 9.17) is 5.26 Å². The minimum Gasteiger partial charge on any atom is -0.298 e. The Morgan fingerprint density at radius 3 is 2.65 bits per heavy atom. The molecule has 4 heteroatoms. The molecule has 2 aromatic carbocycles. The van der Waals surface area contributed by atoms with Crippen LogP contribution >= 0.6 is 0 Å². The summed E-state index contributed by atoms with van der Waals surface area (Å²) in [5, 5.41) is 8.84. The van der Waals surface area contributed by atoms with E-state index < -0.39 is 11.6 Å². The van der Waals surface area contributed by atoms with E-state index in [1.807, 2.05) is 24.1 Å². The normalized spacial score (nSPS) is 10.6. The lowest BCUT2D eigenvalue weighted by Gasteiger charge is -2.17. The predicted octanol–water partition coefficient (Wildman–Crippen LogP) is 3.47. The summed E-state index contributed by atoms with van der Waals surface area (Å²) in [4.78, 5) is 1.87. The molecule has 0 aliphatic rings. The quantitative estimate of drug-likeness (QED) is 0.852. The third-order valence-electron chi connectivity index (χ3n) is 2.96. The van der Waals surface area contributed by atoms with Gasteiger partial charge in [-0.3, -0.25) is 4.90 Å². The van der Waals surface area contributed by atoms with Gasteiger partial charge in [0.2, 0.25) is 0 Å². The summed E-state index contributed by atoms with van der Waals surface area (Å²) in [5.74, 6) is -0.856. The van der Waals surface area contributed by atoms with E-state index in [9.17, 15) is 8.78 Å². The number of hydrogen-bond donors (Lipinski definition) is 0. The Kier molecular flexibility index (Phi) is 4.44. The fraction of sp³-hybridized carbons (Fsp3) is 0.188. The molecule has 102 valence electrons. The summed E-state index contributed by atoms with van der Waals surface area (Å²) in [6.07, 6.45) is 0. The second-order valence-corrected chi connectivity index (χ2v) is 4.72. The molecule has 0 saturated heterocycles. The molecule has 0 N–H and O–H groups in total. The maximum absolute atomic E-state index is 13.6. The SMILES string of the molecule is CN(Cc1cccc(C#N)c1)Cc1cc(F)ccc1F. The number of nitrogens with zero attached hydrogens (tertiary/aromatic N) is 2. The largest absolute Gasteiger partial charge is 0.298 e. The first kappa shape index (κ1) is 14.2. The van der Waals surface area contributed by atoms with Crippen molar-refractivity contribution in [3.63, 3.8) is 0 Å². The van der Waals surface area contributed by atoms with Gasteiger partial charge >= 0.3 is 0 Å². The van der Waals surface area contributed by atoms with E-state index in [1.165, 1.54) is 6.07 Å². The number of halogens is 2. The molecule has 0 bridgehead atoms. The van der Waals surface area contributed by atoms with Crippen LogP contribution in [0.15, 0.2) is 42.5 Å². The van der Waals surface area contributed by atoms with Crippen molar-refractivity contribution in [1.82, 2.24) is 4.90 Å². The fourth-order valence-electron chi connectivity index (χ4n) is 2.06. The Bertz CT molecular complexity index is 647. The third kappa shape index (κ3) is 3.62. The predicted molar refractivity (Wildman–Crippen MR) is 72.7 cm³/mol. The van der Waals surface area contributed by atoms with Crippen molar-refractivity contribution < 1.29 is 8.78 Å². The molecular formula is C16H14F2N2. The minimum atomic E-state index is -0.443. The topological polar surface area (TPSA) is 27.0 Å². The summed E-state index contributed by atoms with van der Waals surface area (Å²) in [6, 6.07) is 12.8. The smallest absolute Gasteiger partial charge is 0.127 e. The van der Waals surface area contributed by atoms with Crippen LogP contribution in [0.25, 0.3) is 0 Å². The molecule has 0 aromatic heterocycles. The second kappa shape index (κ2) is 6.27. The zero-order chi connectivity index (χ0) is 14.5. The van der Waals surface area contributed by atoms with Gasteiger partial charge in [-0.15, -0.1) is 0 Å². The van der Waals surface area contributed by atoms with Gasteiger partial charge in [0.15, 0.2) is 0 Å². The molecule has 0 heterocycles. The third-order valence-corrected chi connectivity index (χ3v) is 2.96. The van der Waals surface area contributed by atoms with Crippen molar-refractivity contribution in [2.75, 3.05) is 7.05 Å². The first-order valence-corrected chi connectivity index (χ1v) is 6.20. The Morgan fingerprint density at radius 2 is 1.90 bits per heavy atom. The van der Waals surface area contributed by atoms with Crippen LogP contribution in [-0.2, 0) is 13.1 Å². The van der Waals surface area contributed by atoms with Crippen LogP contribution in [0, 0.1) is 23.0 Å². The van der Waals surface area contributed by atoms with Gasteiger partial charge in [-0.25, -0.2) is 8.78 Å². The van der Waals surface area contributed by atoms with Crippen LogP contribution in [0.5, 0.6) is 0 Å². The van der Waals surface area contributed by atoms with Crippen LogP contribution < -0.4 is 0 Å². The van der Waals surface area contributed by atoms with Crippen molar-refractivity contribution in [1.29, 1.82) is 5.26 Å². The van der Waals surface area contributed by atoms with Gasteiger partial charge in [0.25, 0.3) is 0 Å². The van der Waals surface area contributed by atoms with Crippen molar-refractivity contribution >= 4 is 0 Å². The van der Waals surface area contributed by atoms with Gasteiger partial charge in [0.05, 0.1) is 11.6 Å². The van der Waals surface area contributed by atoms with Gasteiger partial charge in [-0.05, 0) is 42.9 Å². The highest BCUT2D eigenvalue weighted by Gasteiger charge is 2.08. The van der Waals surface area contributed by atoms with Gasteiger partial charge in [-0.1, -0.05) is 12.1 Å². The Balaban J connectivity index is 2.07. The standard InChI is InChI=1S/C16H14F2N2/c1-20(10-13-4-2-3-12(7-13)9-19)11-14-8-15(17)5-6-16(14)18/h2-8H,10-11H2,1H3. The van der Waals surface area contributed by atoms with Gasteiger partial charge < -0.3 is 0 Å². The molecule has 0 saturated carbocycles. The number of rotatable bonds is 4. The lowest BCUT2D eigenvalue weighted by Crippen LogP contribution is -2.18. The molecule has 0 amide bonds.